The number of rotatable bonds is 4. The summed E-state index contributed by atoms with van der Waals surface area (Å²) in [5.74, 6) is 0.479. The topological polar surface area (TPSA) is 89.3 Å². The summed E-state index contributed by atoms with van der Waals surface area (Å²) >= 11 is 0. The van der Waals surface area contributed by atoms with Crippen LogP contribution in [-0.2, 0) is 10.0 Å². The van der Waals surface area contributed by atoms with E-state index in [2.05, 4.69) is 11.6 Å². The third-order valence-electron chi connectivity index (χ3n) is 4.08. The van der Waals surface area contributed by atoms with Crippen LogP contribution in [-0.4, -0.2) is 19.4 Å². The maximum Gasteiger partial charge on any atom is 0.289 e. The van der Waals surface area contributed by atoms with Crippen LogP contribution >= 0.6 is 0 Å². The van der Waals surface area contributed by atoms with Crippen molar-refractivity contribution >= 4 is 15.7 Å². The summed E-state index contributed by atoms with van der Waals surface area (Å²) in [5.41, 5.74) is 1.06. The molecule has 6 nitrogen and oxygen atoms in total. The van der Waals surface area contributed by atoms with Gasteiger partial charge in [0.15, 0.2) is 4.90 Å². The van der Waals surface area contributed by atoms with Crippen molar-refractivity contribution in [2.45, 2.75) is 51.0 Å². The second-order valence-electron chi connectivity index (χ2n) is 5.90. The monoisotopic (exact) mass is 312 g/mol. The highest BCUT2D eigenvalue weighted by Gasteiger charge is 2.31. The third-order valence-corrected chi connectivity index (χ3v) is 5.63. The van der Waals surface area contributed by atoms with Crippen LogP contribution in [0.3, 0.4) is 0 Å². The van der Waals surface area contributed by atoms with E-state index in [1.807, 2.05) is 0 Å². The number of nitrogens with zero attached hydrogens (tertiary/aromatic N) is 1. The smallest absolute Gasteiger partial charge is 0.258 e. The van der Waals surface area contributed by atoms with Crippen molar-refractivity contribution in [3.05, 3.63) is 33.4 Å². The van der Waals surface area contributed by atoms with Gasteiger partial charge in [0.1, 0.15) is 0 Å². The molecule has 21 heavy (non-hydrogen) atoms. The van der Waals surface area contributed by atoms with Gasteiger partial charge in [-0.2, -0.15) is 0 Å². The van der Waals surface area contributed by atoms with E-state index >= 15 is 0 Å². The Morgan fingerprint density at radius 3 is 2.38 bits per heavy atom. The fourth-order valence-electron chi connectivity index (χ4n) is 2.73. The number of hydrogen-bond donors (Lipinski definition) is 1. The quantitative estimate of drug-likeness (QED) is 0.683. The minimum Gasteiger partial charge on any atom is -0.258 e. The lowest BCUT2D eigenvalue weighted by Gasteiger charge is -2.14. The molecule has 0 aromatic heterocycles. The molecule has 0 spiro atoms. The van der Waals surface area contributed by atoms with Crippen LogP contribution < -0.4 is 4.72 Å². The molecule has 1 aromatic carbocycles. The van der Waals surface area contributed by atoms with Crippen molar-refractivity contribution in [2.24, 2.45) is 5.92 Å². The SMILES string of the molecule is Cc1cc([N+](=O)[O-])c(S(=O)(=O)NC2CCC(C)C2)cc1C. The summed E-state index contributed by atoms with van der Waals surface area (Å²) in [7, 11) is -3.87. The lowest BCUT2D eigenvalue weighted by molar-refractivity contribution is -0.387. The van der Waals surface area contributed by atoms with Gasteiger partial charge in [-0.25, -0.2) is 13.1 Å². The van der Waals surface area contributed by atoms with Gasteiger partial charge in [0, 0.05) is 12.1 Å². The molecule has 0 saturated heterocycles. The number of aryl methyl sites for hydroxylation is 2. The van der Waals surface area contributed by atoms with E-state index in [1.54, 1.807) is 13.8 Å². The average Bonchev–Trinajstić information content (AvgIpc) is 2.76. The Morgan fingerprint density at radius 1 is 1.24 bits per heavy atom. The molecule has 1 aliphatic rings. The van der Waals surface area contributed by atoms with Gasteiger partial charge in [0.2, 0.25) is 10.0 Å². The fourth-order valence-corrected chi connectivity index (χ4v) is 4.25. The molecule has 1 saturated carbocycles. The van der Waals surface area contributed by atoms with Crippen LogP contribution in [0, 0.1) is 29.9 Å². The fraction of sp³-hybridized carbons (Fsp3) is 0.571. The van der Waals surface area contributed by atoms with Crippen LogP contribution in [0.2, 0.25) is 0 Å². The molecule has 1 fully saturated rings. The van der Waals surface area contributed by atoms with Crippen molar-refractivity contribution < 1.29 is 13.3 Å². The molecule has 1 N–H and O–H groups in total. The van der Waals surface area contributed by atoms with Gasteiger partial charge in [0.05, 0.1) is 4.92 Å². The summed E-state index contributed by atoms with van der Waals surface area (Å²) in [6, 6.07) is 2.57. The van der Waals surface area contributed by atoms with Gasteiger partial charge in [-0.3, -0.25) is 10.1 Å². The van der Waals surface area contributed by atoms with E-state index in [0.29, 0.717) is 11.5 Å². The molecule has 2 unspecified atom stereocenters. The predicted octanol–water partition coefficient (Wildman–Crippen LogP) is 2.68. The van der Waals surface area contributed by atoms with E-state index < -0.39 is 14.9 Å². The first-order valence-corrected chi connectivity index (χ1v) is 8.47. The molecule has 7 heteroatoms. The second-order valence-corrected chi connectivity index (χ2v) is 7.58. The van der Waals surface area contributed by atoms with Crippen molar-refractivity contribution in [3.63, 3.8) is 0 Å². The second kappa shape index (κ2) is 5.73. The van der Waals surface area contributed by atoms with Gasteiger partial charge in [-0.15, -0.1) is 0 Å². The van der Waals surface area contributed by atoms with Gasteiger partial charge in [0.25, 0.3) is 5.69 Å². The molecule has 116 valence electrons. The maximum atomic E-state index is 12.5. The first-order chi connectivity index (χ1) is 9.70. The Morgan fingerprint density at radius 2 is 1.86 bits per heavy atom. The number of sulfonamides is 1. The lowest BCUT2D eigenvalue weighted by atomic mass is 10.1. The Hall–Kier alpha value is -1.47. The zero-order chi connectivity index (χ0) is 15.8. The highest BCUT2D eigenvalue weighted by molar-refractivity contribution is 7.89. The number of nitro benzene ring substituents is 1. The highest BCUT2D eigenvalue weighted by atomic mass is 32.2. The zero-order valence-corrected chi connectivity index (χ0v) is 13.2. The van der Waals surface area contributed by atoms with Gasteiger partial charge in [-0.05, 0) is 56.2 Å². The van der Waals surface area contributed by atoms with Gasteiger partial charge in [-0.1, -0.05) is 6.92 Å². The first kappa shape index (κ1) is 15.9. The molecule has 0 radical (unpaired) electrons. The van der Waals surface area contributed by atoms with E-state index in [9.17, 15) is 18.5 Å². The average molecular weight is 312 g/mol. The molecule has 0 aliphatic heterocycles. The number of benzene rings is 1. The summed E-state index contributed by atoms with van der Waals surface area (Å²) in [4.78, 5) is 10.3. The van der Waals surface area contributed by atoms with E-state index in [1.165, 1.54) is 12.1 Å². The van der Waals surface area contributed by atoms with Gasteiger partial charge < -0.3 is 0 Å². The molecule has 0 bridgehead atoms. The molecule has 2 rings (SSSR count). The third kappa shape index (κ3) is 3.41. The summed E-state index contributed by atoms with van der Waals surface area (Å²) in [5, 5.41) is 11.1. The molecular formula is C14H20N2O4S. The highest BCUT2D eigenvalue weighted by Crippen LogP contribution is 2.30. The van der Waals surface area contributed by atoms with Crippen LogP contribution in [0.1, 0.15) is 37.3 Å². The summed E-state index contributed by atoms with van der Waals surface area (Å²) < 4.78 is 27.5. The van der Waals surface area contributed by atoms with E-state index in [0.717, 1.165) is 24.8 Å². The van der Waals surface area contributed by atoms with Crippen LogP contribution in [0.5, 0.6) is 0 Å². The molecule has 0 heterocycles. The summed E-state index contributed by atoms with van der Waals surface area (Å²) in [6.07, 6.45) is 2.53. The predicted molar refractivity (Wildman–Crippen MR) is 79.7 cm³/mol. The maximum absolute atomic E-state index is 12.5. The molecular weight excluding hydrogens is 292 g/mol. The first-order valence-electron chi connectivity index (χ1n) is 6.98. The molecule has 1 aliphatic carbocycles. The lowest BCUT2D eigenvalue weighted by Crippen LogP contribution is -2.33. The Labute approximate surface area is 124 Å². The summed E-state index contributed by atoms with van der Waals surface area (Å²) in [6.45, 7) is 5.55. The number of nitrogens with one attached hydrogen (secondary N) is 1. The minimum absolute atomic E-state index is 0.133. The van der Waals surface area contributed by atoms with Crippen LogP contribution in [0.4, 0.5) is 5.69 Å². The Kier molecular flexibility index (Phi) is 4.34. The molecule has 2 atom stereocenters. The largest absolute Gasteiger partial charge is 0.289 e. The Bertz CT molecular complexity index is 670. The molecule has 0 amide bonds. The molecule has 1 aromatic rings. The standard InChI is InChI=1S/C14H20N2O4S/c1-9-4-5-12(6-9)15-21(19,20)14-8-11(3)10(2)7-13(14)16(17)18/h7-9,12,15H,4-6H2,1-3H3. The van der Waals surface area contributed by atoms with Crippen LogP contribution in [0.25, 0.3) is 0 Å². The Balaban J connectivity index is 2.39. The zero-order valence-electron chi connectivity index (χ0n) is 12.4. The van der Waals surface area contributed by atoms with E-state index in [-0.39, 0.29) is 16.6 Å². The van der Waals surface area contributed by atoms with Crippen molar-refractivity contribution in [1.29, 1.82) is 0 Å². The normalized spacial score (nSPS) is 22.4. The van der Waals surface area contributed by atoms with Gasteiger partial charge >= 0.3 is 0 Å². The van der Waals surface area contributed by atoms with E-state index in [4.69, 9.17) is 0 Å². The number of nitro groups is 1. The van der Waals surface area contributed by atoms with Crippen molar-refractivity contribution in [1.82, 2.24) is 4.72 Å². The van der Waals surface area contributed by atoms with Crippen molar-refractivity contribution in [3.8, 4) is 0 Å². The van der Waals surface area contributed by atoms with Crippen molar-refractivity contribution in [2.75, 3.05) is 0 Å². The number of hydrogen-bond acceptors (Lipinski definition) is 4. The minimum atomic E-state index is -3.87. The van der Waals surface area contributed by atoms with Crippen LogP contribution in [0.15, 0.2) is 17.0 Å².